The van der Waals surface area contributed by atoms with Crippen LogP contribution in [-0.2, 0) is 24.4 Å². The fourth-order valence-corrected chi connectivity index (χ4v) is 4.42. The standard InChI is InChI=1S/C24H28N6O3/c1-32-20-6-4-17(5-7-20)23-15-30-22(16-33-23)21(27-28-30)14-29-11-8-19(9-12-29)26-24(31)18-3-2-10-25-13-18/h2-7,10,13,19,23H,8-9,11-12,14-16H2,1H3,(H,26,31)/t23-/m1/s1. The first-order valence-corrected chi connectivity index (χ1v) is 11.3. The van der Waals surface area contributed by atoms with E-state index in [1.54, 1.807) is 31.6 Å². The SMILES string of the molecule is COc1ccc([C@H]2Cn3nnc(CN4CCC(NC(=O)c5cccnc5)CC4)c3CO2)cc1. The van der Waals surface area contributed by atoms with Crippen LogP contribution in [0.5, 0.6) is 5.75 Å². The third-order valence-electron chi connectivity index (χ3n) is 6.39. The number of ether oxygens (including phenoxy) is 2. The van der Waals surface area contributed by atoms with Gasteiger partial charge in [-0.1, -0.05) is 17.3 Å². The van der Waals surface area contributed by atoms with E-state index in [2.05, 4.69) is 25.5 Å². The Labute approximate surface area is 192 Å². The van der Waals surface area contributed by atoms with Crippen LogP contribution >= 0.6 is 0 Å². The molecule has 33 heavy (non-hydrogen) atoms. The van der Waals surface area contributed by atoms with Gasteiger partial charge in [0.2, 0.25) is 0 Å². The van der Waals surface area contributed by atoms with Crippen molar-refractivity contribution >= 4 is 5.91 Å². The number of carbonyl (C=O) groups is 1. The molecule has 9 heteroatoms. The largest absolute Gasteiger partial charge is 0.497 e. The molecule has 2 aliphatic heterocycles. The zero-order valence-electron chi connectivity index (χ0n) is 18.7. The van der Waals surface area contributed by atoms with Crippen LogP contribution in [0.1, 0.15) is 46.3 Å². The fraction of sp³-hybridized carbons (Fsp3) is 0.417. The van der Waals surface area contributed by atoms with Gasteiger partial charge in [0.1, 0.15) is 17.5 Å². The van der Waals surface area contributed by atoms with E-state index in [4.69, 9.17) is 9.47 Å². The fourth-order valence-electron chi connectivity index (χ4n) is 4.42. The van der Waals surface area contributed by atoms with Gasteiger partial charge in [-0.2, -0.15) is 0 Å². The number of hydrogen-bond acceptors (Lipinski definition) is 7. The monoisotopic (exact) mass is 448 g/mol. The number of nitrogens with one attached hydrogen (secondary N) is 1. The second-order valence-corrected chi connectivity index (χ2v) is 8.50. The Morgan fingerprint density at radius 2 is 2.03 bits per heavy atom. The maximum atomic E-state index is 12.4. The molecule has 4 heterocycles. The molecule has 5 rings (SSSR count). The first-order valence-electron chi connectivity index (χ1n) is 11.3. The van der Waals surface area contributed by atoms with Gasteiger partial charge in [0.15, 0.2) is 0 Å². The maximum Gasteiger partial charge on any atom is 0.253 e. The van der Waals surface area contributed by atoms with Gasteiger partial charge in [-0.25, -0.2) is 4.68 Å². The minimum Gasteiger partial charge on any atom is -0.497 e. The number of carbonyl (C=O) groups excluding carboxylic acids is 1. The van der Waals surface area contributed by atoms with E-state index >= 15 is 0 Å². The Bertz CT molecular complexity index is 1080. The molecule has 1 N–H and O–H groups in total. The molecule has 0 saturated carbocycles. The quantitative estimate of drug-likeness (QED) is 0.619. The number of fused-ring (bicyclic) bond motifs is 1. The molecule has 172 valence electrons. The van der Waals surface area contributed by atoms with Crippen LogP contribution in [0.3, 0.4) is 0 Å². The molecular formula is C24H28N6O3. The molecule has 2 aromatic heterocycles. The van der Waals surface area contributed by atoms with Crippen molar-refractivity contribution in [2.75, 3.05) is 20.2 Å². The summed E-state index contributed by atoms with van der Waals surface area (Å²) >= 11 is 0. The Morgan fingerprint density at radius 3 is 2.76 bits per heavy atom. The number of piperidine rings is 1. The van der Waals surface area contributed by atoms with Crippen molar-refractivity contribution in [3.63, 3.8) is 0 Å². The van der Waals surface area contributed by atoms with E-state index in [0.29, 0.717) is 18.7 Å². The van der Waals surface area contributed by atoms with Gasteiger partial charge in [-0.15, -0.1) is 5.10 Å². The lowest BCUT2D eigenvalue weighted by molar-refractivity contribution is -0.00218. The predicted octanol–water partition coefficient (Wildman–Crippen LogP) is 2.35. The van der Waals surface area contributed by atoms with Crippen molar-refractivity contribution < 1.29 is 14.3 Å². The van der Waals surface area contributed by atoms with Crippen molar-refractivity contribution in [3.05, 3.63) is 71.3 Å². The molecule has 9 nitrogen and oxygen atoms in total. The molecule has 1 fully saturated rings. The van der Waals surface area contributed by atoms with Gasteiger partial charge in [0.25, 0.3) is 5.91 Å². The highest BCUT2D eigenvalue weighted by Crippen LogP contribution is 2.28. The highest BCUT2D eigenvalue weighted by atomic mass is 16.5. The third kappa shape index (κ3) is 4.89. The second kappa shape index (κ2) is 9.68. The molecule has 3 aromatic rings. The van der Waals surface area contributed by atoms with E-state index in [1.807, 2.05) is 28.9 Å². The lowest BCUT2D eigenvalue weighted by Crippen LogP contribution is -2.44. The molecule has 2 aliphatic rings. The molecule has 0 unspecified atom stereocenters. The first-order chi connectivity index (χ1) is 16.2. The zero-order chi connectivity index (χ0) is 22.6. The number of amides is 1. The summed E-state index contributed by atoms with van der Waals surface area (Å²) in [5.74, 6) is 0.774. The Balaban J connectivity index is 1.14. The molecule has 0 radical (unpaired) electrons. The summed E-state index contributed by atoms with van der Waals surface area (Å²) in [5.41, 5.74) is 3.73. The predicted molar refractivity (Wildman–Crippen MR) is 121 cm³/mol. The topological polar surface area (TPSA) is 94.4 Å². The minimum atomic E-state index is -0.0579. The molecule has 1 saturated heterocycles. The summed E-state index contributed by atoms with van der Waals surface area (Å²) in [5, 5.41) is 12.0. The Kier molecular flexibility index (Phi) is 6.32. The minimum absolute atomic E-state index is 0.0443. The van der Waals surface area contributed by atoms with E-state index in [1.165, 1.54) is 0 Å². The summed E-state index contributed by atoms with van der Waals surface area (Å²) in [4.78, 5) is 18.8. The molecular weight excluding hydrogens is 420 g/mol. The second-order valence-electron chi connectivity index (χ2n) is 8.50. The molecule has 1 atom stereocenters. The van der Waals surface area contributed by atoms with Crippen LogP contribution in [0.15, 0.2) is 48.8 Å². The van der Waals surface area contributed by atoms with Crippen LogP contribution in [-0.4, -0.2) is 57.0 Å². The summed E-state index contributed by atoms with van der Waals surface area (Å²) in [6.07, 6.45) is 5.04. The molecule has 1 aromatic carbocycles. The van der Waals surface area contributed by atoms with Gasteiger partial charge in [-0.05, 0) is 42.7 Å². The van der Waals surface area contributed by atoms with Crippen molar-refractivity contribution in [1.29, 1.82) is 0 Å². The molecule has 0 spiro atoms. The van der Waals surface area contributed by atoms with Crippen LogP contribution in [0, 0.1) is 0 Å². The van der Waals surface area contributed by atoms with E-state index in [-0.39, 0.29) is 18.1 Å². The molecule has 1 amide bonds. The summed E-state index contributed by atoms with van der Waals surface area (Å²) in [6.45, 7) is 3.70. The first kappa shape index (κ1) is 21.5. The number of pyridine rings is 1. The average molecular weight is 449 g/mol. The van der Waals surface area contributed by atoms with Crippen LogP contribution in [0.4, 0.5) is 0 Å². The Hall–Kier alpha value is -3.30. The number of nitrogens with zero attached hydrogens (tertiary/aromatic N) is 5. The van der Waals surface area contributed by atoms with Gasteiger partial charge < -0.3 is 14.8 Å². The van der Waals surface area contributed by atoms with Crippen molar-refractivity contribution in [3.8, 4) is 5.75 Å². The summed E-state index contributed by atoms with van der Waals surface area (Å²) in [6, 6.07) is 11.7. The van der Waals surface area contributed by atoms with Gasteiger partial charge in [-0.3, -0.25) is 14.7 Å². The van der Waals surface area contributed by atoms with Crippen molar-refractivity contribution in [1.82, 2.24) is 30.2 Å². The van der Waals surface area contributed by atoms with Gasteiger partial charge >= 0.3 is 0 Å². The number of aromatic nitrogens is 4. The van der Waals surface area contributed by atoms with Crippen LogP contribution in [0.2, 0.25) is 0 Å². The van der Waals surface area contributed by atoms with Gasteiger partial charge in [0, 0.05) is 38.1 Å². The van der Waals surface area contributed by atoms with E-state index < -0.39 is 0 Å². The van der Waals surface area contributed by atoms with Crippen molar-refractivity contribution in [2.24, 2.45) is 0 Å². The number of methoxy groups -OCH3 is 1. The van der Waals surface area contributed by atoms with Crippen LogP contribution < -0.4 is 10.1 Å². The number of likely N-dealkylation sites (tertiary alicyclic amines) is 1. The smallest absolute Gasteiger partial charge is 0.253 e. The zero-order valence-corrected chi connectivity index (χ0v) is 18.7. The lowest BCUT2D eigenvalue weighted by Gasteiger charge is -2.32. The van der Waals surface area contributed by atoms with Gasteiger partial charge in [0.05, 0.1) is 31.5 Å². The van der Waals surface area contributed by atoms with Crippen LogP contribution in [0.25, 0.3) is 0 Å². The van der Waals surface area contributed by atoms with E-state index in [9.17, 15) is 4.79 Å². The molecule has 0 bridgehead atoms. The number of benzene rings is 1. The number of hydrogen-bond donors (Lipinski definition) is 1. The normalized spacial score (nSPS) is 19.1. The summed E-state index contributed by atoms with van der Waals surface area (Å²) in [7, 11) is 1.66. The average Bonchev–Trinajstić information content (AvgIpc) is 3.27. The number of rotatable bonds is 6. The summed E-state index contributed by atoms with van der Waals surface area (Å²) < 4.78 is 13.3. The highest BCUT2D eigenvalue weighted by molar-refractivity contribution is 5.94. The lowest BCUT2D eigenvalue weighted by atomic mass is 10.0. The van der Waals surface area contributed by atoms with Crippen molar-refractivity contribution in [2.45, 2.75) is 44.7 Å². The Morgan fingerprint density at radius 1 is 1.21 bits per heavy atom. The highest BCUT2D eigenvalue weighted by Gasteiger charge is 2.27. The third-order valence-corrected chi connectivity index (χ3v) is 6.39. The maximum absolute atomic E-state index is 12.4. The van der Waals surface area contributed by atoms with E-state index in [0.717, 1.165) is 55.2 Å². The molecule has 0 aliphatic carbocycles.